The predicted octanol–water partition coefficient (Wildman–Crippen LogP) is 7.48. The fraction of sp³-hybridized carbons (Fsp3) is 0. The molecule has 4 aromatic carbocycles. The lowest BCUT2D eigenvalue weighted by molar-refractivity contribution is 0.476. The Kier molecular flexibility index (Phi) is 4.73. The molecule has 4 aromatic rings. The summed E-state index contributed by atoms with van der Waals surface area (Å²) in [5, 5.41) is 10.0. The Hall–Kier alpha value is -3.57. The fourth-order valence-corrected chi connectivity index (χ4v) is 3.79. The molecule has 1 aliphatic heterocycles. The van der Waals surface area contributed by atoms with Crippen molar-refractivity contribution in [1.29, 1.82) is 0 Å². The minimum absolute atomic E-state index is 0.138. The van der Waals surface area contributed by atoms with E-state index in [2.05, 4.69) is 50.1 Å². The number of ether oxygens (including phenoxy) is 1. The van der Waals surface area contributed by atoms with E-state index in [1.165, 1.54) is 0 Å². The van der Waals surface area contributed by atoms with E-state index in [-0.39, 0.29) is 5.75 Å². The van der Waals surface area contributed by atoms with Gasteiger partial charge in [0.05, 0.1) is 11.4 Å². The molecule has 0 bridgehead atoms. The van der Waals surface area contributed by atoms with Gasteiger partial charge in [0, 0.05) is 16.4 Å². The molecule has 0 fully saturated rings. The van der Waals surface area contributed by atoms with Crippen LogP contribution in [0, 0.1) is 0 Å². The molecule has 0 amide bonds. The normalized spacial score (nSPS) is 12.4. The summed E-state index contributed by atoms with van der Waals surface area (Å²) in [6, 6.07) is 29.4. The van der Waals surface area contributed by atoms with E-state index in [1.54, 1.807) is 18.3 Å². The standard InChI is InChI=1S/C25H17BrN2O2/c26-18-11-14-20(23(29)15-18)27-16-17-9-12-19(13-10-17)28-21-5-1-3-7-24(21)30-25-8-4-2-6-22(25)28/h1-16,29H/b27-16+. The van der Waals surface area contributed by atoms with Crippen LogP contribution in [0.3, 0.4) is 0 Å². The van der Waals surface area contributed by atoms with Crippen molar-refractivity contribution < 1.29 is 9.84 Å². The lowest BCUT2D eigenvalue weighted by atomic mass is 10.1. The molecule has 1 heterocycles. The molecule has 0 radical (unpaired) electrons. The summed E-state index contributed by atoms with van der Waals surface area (Å²) in [6.45, 7) is 0. The number of para-hydroxylation sites is 4. The van der Waals surface area contributed by atoms with Crippen molar-refractivity contribution in [2.24, 2.45) is 4.99 Å². The number of fused-ring (bicyclic) bond motifs is 2. The topological polar surface area (TPSA) is 45.1 Å². The van der Waals surface area contributed by atoms with Crippen LogP contribution in [0.25, 0.3) is 0 Å². The van der Waals surface area contributed by atoms with Crippen LogP contribution in [-0.4, -0.2) is 11.3 Å². The van der Waals surface area contributed by atoms with Crippen LogP contribution in [0.4, 0.5) is 22.7 Å². The van der Waals surface area contributed by atoms with Crippen LogP contribution in [0.2, 0.25) is 0 Å². The zero-order chi connectivity index (χ0) is 20.5. The Labute approximate surface area is 182 Å². The van der Waals surface area contributed by atoms with E-state index in [1.807, 2.05) is 54.6 Å². The van der Waals surface area contributed by atoms with Gasteiger partial charge in [0.2, 0.25) is 0 Å². The van der Waals surface area contributed by atoms with Gasteiger partial charge in [0.15, 0.2) is 11.5 Å². The van der Waals surface area contributed by atoms with Crippen molar-refractivity contribution in [2.75, 3.05) is 4.90 Å². The third-order valence-corrected chi connectivity index (χ3v) is 5.37. The van der Waals surface area contributed by atoms with Crippen molar-refractivity contribution in [3.05, 3.63) is 101 Å². The van der Waals surface area contributed by atoms with Crippen molar-refractivity contribution in [1.82, 2.24) is 0 Å². The average molecular weight is 457 g/mol. The fourth-order valence-electron chi connectivity index (χ4n) is 3.44. The van der Waals surface area contributed by atoms with Crippen LogP contribution in [0.1, 0.15) is 5.56 Å². The van der Waals surface area contributed by atoms with E-state index in [9.17, 15) is 5.11 Å². The molecule has 146 valence electrons. The van der Waals surface area contributed by atoms with Gasteiger partial charge in [0.25, 0.3) is 0 Å². The van der Waals surface area contributed by atoms with E-state index in [4.69, 9.17) is 4.74 Å². The summed E-state index contributed by atoms with van der Waals surface area (Å²) in [4.78, 5) is 6.59. The molecular formula is C25H17BrN2O2. The molecule has 1 N–H and O–H groups in total. The minimum atomic E-state index is 0.138. The van der Waals surface area contributed by atoms with E-state index in [0.29, 0.717) is 5.69 Å². The maximum Gasteiger partial charge on any atom is 0.151 e. The summed E-state index contributed by atoms with van der Waals surface area (Å²) in [7, 11) is 0. The molecule has 4 nitrogen and oxygen atoms in total. The van der Waals surface area contributed by atoms with E-state index >= 15 is 0 Å². The number of phenolic OH excluding ortho intramolecular Hbond substituents is 1. The molecule has 0 atom stereocenters. The molecule has 0 unspecified atom stereocenters. The molecule has 5 rings (SSSR count). The van der Waals surface area contributed by atoms with Gasteiger partial charge in [0.1, 0.15) is 11.4 Å². The van der Waals surface area contributed by atoms with E-state index in [0.717, 1.165) is 38.6 Å². The van der Waals surface area contributed by atoms with Gasteiger partial charge in [-0.3, -0.25) is 4.99 Å². The van der Waals surface area contributed by atoms with Gasteiger partial charge in [-0.2, -0.15) is 0 Å². The number of aliphatic imine (C=N–C) groups is 1. The highest BCUT2D eigenvalue weighted by atomic mass is 79.9. The highest BCUT2D eigenvalue weighted by Gasteiger charge is 2.24. The second-order valence-electron chi connectivity index (χ2n) is 6.86. The Bertz CT molecular complexity index is 1210. The first-order valence-electron chi connectivity index (χ1n) is 9.48. The number of phenols is 1. The molecule has 0 saturated heterocycles. The monoisotopic (exact) mass is 456 g/mol. The number of nitrogens with zero attached hydrogens (tertiary/aromatic N) is 2. The molecule has 0 saturated carbocycles. The molecule has 0 aliphatic carbocycles. The smallest absolute Gasteiger partial charge is 0.151 e. The van der Waals surface area contributed by atoms with Crippen molar-refractivity contribution in [2.45, 2.75) is 0 Å². The number of aromatic hydroxyl groups is 1. The number of hydrogen-bond acceptors (Lipinski definition) is 4. The molecule has 0 aromatic heterocycles. The minimum Gasteiger partial charge on any atom is -0.506 e. The Balaban J connectivity index is 1.48. The number of benzene rings is 4. The first-order valence-corrected chi connectivity index (χ1v) is 10.3. The quantitative estimate of drug-likeness (QED) is 0.286. The summed E-state index contributed by atoms with van der Waals surface area (Å²) in [5.41, 5.74) is 4.49. The second-order valence-corrected chi connectivity index (χ2v) is 7.77. The average Bonchev–Trinajstić information content (AvgIpc) is 2.77. The highest BCUT2D eigenvalue weighted by Crippen LogP contribution is 2.49. The zero-order valence-electron chi connectivity index (χ0n) is 15.9. The summed E-state index contributed by atoms with van der Waals surface area (Å²) in [6.07, 6.45) is 1.74. The second kappa shape index (κ2) is 7.69. The third kappa shape index (κ3) is 3.44. The number of halogens is 1. The predicted molar refractivity (Wildman–Crippen MR) is 124 cm³/mol. The summed E-state index contributed by atoms with van der Waals surface area (Å²) >= 11 is 3.34. The summed E-state index contributed by atoms with van der Waals surface area (Å²) < 4.78 is 6.88. The van der Waals surface area contributed by atoms with Crippen LogP contribution in [0.15, 0.2) is 100 Å². The molecule has 5 heteroatoms. The lowest BCUT2D eigenvalue weighted by Crippen LogP contribution is -2.15. The molecule has 30 heavy (non-hydrogen) atoms. The van der Waals surface area contributed by atoms with Crippen LogP contribution >= 0.6 is 15.9 Å². The van der Waals surface area contributed by atoms with Gasteiger partial charge in [-0.15, -0.1) is 0 Å². The Morgan fingerprint density at radius 1 is 0.800 bits per heavy atom. The summed E-state index contributed by atoms with van der Waals surface area (Å²) in [5.74, 6) is 1.79. The van der Waals surface area contributed by atoms with Gasteiger partial charge in [-0.1, -0.05) is 52.3 Å². The first kappa shape index (κ1) is 18.5. The maximum atomic E-state index is 10.0. The molecule has 1 aliphatic rings. The SMILES string of the molecule is Oc1cc(Br)ccc1/N=C/c1ccc(N2c3ccccc3Oc3ccccc32)cc1. The van der Waals surface area contributed by atoms with Crippen LogP contribution in [-0.2, 0) is 0 Å². The van der Waals surface area contributed by atoms with Gasteiger partial charge in [-0.25, -0.2) is 0 Å². The van der Waals surface area contributed by atoms with Gasteiger partial charge in [-0.05, 0) is 60.2 Å². The largest absolute Gasteiger partial charge is 0.506 e. The molecule has 0 spiro atoms. The lowest BCUT2D eigenvalue weighted by Gasteiger charge is -2.32. The Morgan fingerprint density at radius 3 is 2.07 bits per heavy atom. The highest BCUT2D eigenvalue weighted by molar-refractivity contribution is 9.10. The van der Waals surface area contributed by atoms with Crippen molar-refractivity contribution in [3.8, 4) is 17.2 Å². The van der Waals surface area contributed by atoms with Crippen molar-refractivity contribution >= 4 is 44.9 Å². The van der Waals surface area contributed by atoms with Crippen LogP contribution < -0.4 is 9.64 Å². The number of hydrogen-bond donors (Lipinski definition) is 1. The van der Waals surface area contributed by atoms with Gasteiger partial charge >= 0.3 is 0 Å². The maximum absolute atomic E-state index is 10.0. The Morgan fingerprint density at radius 2 is 1.43 bits per heavy atom. The van der Waals surface area contributed by atoms with E-state index < -0.39 is 0 Å². The number of rotatable bonds is 3. The van der Waals surface area contributed by atoms with Crippen LogP contribution in [0.5, 0.6) is 17.2 Å². The number of anilines is 3. The van der Waals surface area contributed by atoms with Crippen molar-refractivity contribution in [3.63, 3.8) is 0 Å². The van der Waals surface area contributed by atoms with Gasteiger partial charge < -0.3 is 14.7 Å². The molecular weight excluding hydrogens is 440 g/mol. The third-order valence-electron chi connectivity index (χ3n) is 4.87. The zero-order valence-corrected chi connectivity index (χ0v) is 17.5. The first-order chi connectivity index (χ1) is 14.7.